The van der Waals surface area contributed by atoms with Crippen molar-refractivity contribution in [2.45, 2.75) is 46.1 Å². The molecule has 1 aliphatic heterocycles. The van der Waals surface area contributed by atoms with Gasteiger partial charge in [-0.25, -0.2) is 4.79 Å². The van der Waals surface area contributed by atoms with Crippen LogP contribution >= 0.6 is 0 Å². The van der Waals surface area contributed by atoms with Gasteiger partial charge in [0.25, 0.3) is 0 Å². The lowest BCUT2D eigenvalue weighted by Gasteiger charge is -2.39. The highest BCUT2D eigenvalue weighted by Gasteiger charge is 2.49. The summed E-state index contributed by atoms with van der Waals surface area (Å²) >= 11 is 0. The van der Waals surface area contributed by atoms with Crippen LogP contribution in [0.2, 0.25) is 0 Å². The second-order valence-electron chi connectivity index (χ2n) is 9.94. The number of carbonyl (C=O) groups is 2. The summed E-state index contributed by atoms with van der Waals surface area (Å²) in [5, 5.41) is 3.72. The maximum absolute atomic E-state index is 13.0. The molecule has 2 N–H and O–H groups in total. The highest BCUT2D eigenvalue weighted by molar-refractivity contribution is 6.11. The number of anilines is 1. The Balaban J connectivity index is 1.57. The maximum Gasteiger partial charge on any atom is 0.356 e. The van der Waals surface area contributed by atoms with E-state index in [1.165, 1.54) is 13.5 Å². The van der Waals surface area contributed by atoms with Crippen LogP contribution in [0.15, 0.2) is 18.2 Å². The number of carbonyl (C=O) groups excluding carboxylic acids is 2. The number of amides is 1. The van der Waals surface area contributed by atoms with Gasteiger partial charge in [0.15, 0.2) is 0 Å². The van der Waals surface area contributed by atoms with Gasteiger partial charge in [0.1, 0.15) is 11.4 Å². The molecule has 2 fully saturated rings. The van der Waals surface area contributed by atoms with Gasteiger partial charge in [-0.05, 0) is 42.2 Å². The highest BCUT2D eigenvalue weighted by atomic mass is 16.5. The van der Waals surface area contributed by atoms with Gasteiger partial charge in [-0.3, -0.25) is 9.69 Å². The molecule has 30 heavy (non-hydrogen) atoms. The molecule has 2 bridgehead atoms. The Bertz CT molecular complexity index is 996. The maximum atomic E-state index is 13.0. The van der Waals surface area contributed by atoms with Crippen LogP contribution in [-0.2, 0) is 9.53 Å². The van der Waals surface area contributed by atoms with Crippen LogP contribution in [0.4, 0.5) is 5.69 Å². The first kappa shape index (κ1) is 20.7. The van der Waals surface area contributed by atoms with Gasteiger partial charge < -0.3 is 19.8 Å². The Labute approximate surface area is 177 Å². The molecule has 4 rings (SSSR count). The van der Waals surface area contributed by atoms with Crippen LogP contribution in [0.25, 0.3) is 10.9 Å². The van der Waals surface area contributed by atoms with E-state index in [0.29, 0.717) is 35.0 Å². The fourth-order valence-corrected chi connectivity index (χ4v) is 5.81. The van der Waals surface area contributed by atoms with E-state index in [4.69, 9.17) is 9.47 Å². The lowest BCUT2D eigenvalue weighted by Crippen LogP contribution is -2.38. The van der Waals surface area contributed by atoms with E-state index in [1.807, 2.05) is 6.07 Å². The van der Waals surface area contributed by atoms with Crippen LogP contribution in [0.5, 0.6) is 5.75 Å². The van der Waals surface area contributed by atoms with Crippen molar-refractivity contribution in [1.29, 1.82) is 0 Å². The van der Waals surface area contributed by atoms with Gasteiger partial charge in [-0.1, -0.05) is 20.8 Å². The molecule has 0 radical (unpaired) electrons. The fourth-order valence-electron chi connectivity index (χ4n) is 5.81. The zero-order valence-electron chi connectivity index (χ0n) is 18.4. The molecule has 2 aromatic rings. The van der Waals surface area contributed by atoms with Crippen molar-refractivity contribution in [2.75, 3.05) is 32.6 Å². The number of hydrogen-bond acceptors (Lipinski definition) is 5. The molecule has 7 heteroatoms. The standard InChI is InChI=1S/C23H31N3O4/c1-22(2)9-14-10-23(3,12-22)13-26(14)11-18(27)25-19-16-7-6-15(29-4)8-17(16)24-20(19)21(28)30-5/h6-8,14,24H,9-13H2,1-5H3,(H,25,27)/t14-,23-/m1/s1. The van der Waals surface area contributed by atoms with E-state index >= 15 is 0 Å². The topological polar surface area (TPSA) is 83.7 Å². The monoisotopic (exact) mass is 413 g/mol. The first-order valence-corrected chi connectivity index (χ1v) is 10.4. The van der Waals surface area contributed by atoms with Crippen molar-refractivity contribution < 1.29 is 19.1 Å². The molecule has 2 heterocycles. The minimum Gasteiger partial charge on any atom is -0.497 e. The first-order valence-electron chi connectivity index (χ1n) is 10.4. The molecule has 1 aliphatic carbocycles. The summed E-state index contributed by atoms with van der Waals surface area (Å²) in [6.07, 6.45) is 3.44. The molecule has 7 nitrogen and oxygen atoms in total. The molecule has 0 spiro atoms. The van der Waals surface area contributed by atoms with Crippen molar-refractivity contribution in [1.82, 2.24) is 9.88 Å². The molecule has 1 amide bonds. The van der Waals surface area contributed by atoms with Crippen LogP contribution in [0.3, 0.4) is 0 Å². The van der Waals surface area contributed by atoms with Gasteiger partial charge >= 0.3 is 5.97 Å². The second kappa shape index (κ2) is 7.30. The van der Waals surface area contributed by atoms with Crippen LogP contribution in [-0.4, -0.2) is 55.1 Å². The summed E-state index contributed by atoms with van der Waals surface area (Å²) in [6, 6.07) is 5.86. The minimum atomic E-state index is -0.522. The smallest absolute Gasteiger partial charge is 0.356 e. The quantitative estimate of drug-likeness (QED) is 0.729. The number of fused-ring (bicyclic) bond motifs is 3. The zero-order valence-corrected chi connectivity index (χ0v) is 18.4. The van der Waals surface area contributed by atoms with Crippen molar-refractivity contribution >= 4 is 28.5 Å². The predicted octanol–water partition coefficient (Wildman–Crippen LogP) is 3.80. The van der Waals surface area contributed by atoms with Crippen molar-refractivity contribution in [2.24, 2.45) is 10.8 Å². The average molecular weight is 414 g/mol. The Morgan fingerprint density at radius 3 is 2.70 bits per heavy atom. The molecule has 2 atom stereocenters. The SMILES string of the molecule is COC(=O)c1[nH]c2cc(OC)ccc2c1NC(=O)CN1C[C@]2(C)C[C@H]1CC(C)(C)C2. The number of ether oxygens (including phenoxy) is 2. The Morgan fingerprint density at radius 2 is 2.00 bits per heavy atom. The number of esters is 1. The molecule has 2 aliphatic rings. The van der Waals surface area contributed by atoms with Crippen LogP contribution in [0, 0.1) is 10.8 Å². The van der Waals surface area contributed by atoms with Crippen molar-refractivity contribution in [3.63, 3.8) is 0 Å². The third kappa shape index (κ3) is 3.78. The number of methoxy groups -OCH3 is 2. The number of aromatic amines is 1. The molecular formula is C23H31N3O4. The van der Waals surface area contributed by atoms with Gasteiger partial charge in [-0.2, -0.15) is 0 Å². The summed E-state index contributed by atoms with van der Waals surface area (Å²) in [6.45, 7) is 8.23. The number of likely N-dealkylation sites (tertiary alicyclic amines) is 1. The lowest BCUT2D eigenvalue weighted by molar-refractivity contribution is -0.117. The third-order valence-electron chi connectivity index (χ3n) is 6.53. The number of nitrogens with one attached hydrogen (secondary N) is 2. The highest BCUT2D eigenvalue weighted by Crippen LogP contribution is 2.52. The summed E-state index contributed by atoms with van der Waals surface area (Å²) in [7, 11) is 2.91. The summed E-state index contributed by atoms with van der Waals surface area (Å²) in [4.78, 5) is 30.7. The van der Waals surface area contributed by atoms with Gasteiger partial charge in [-0.15, -0.1) is 0 Å². The van der Waals surface area contributed by atoms with E-state index in [-0.39, 0.29) is 17.0 Å². The third-order valence-corrected chi connectivity index (χ3v) is 6.53. The number of rotatable bonds is 5. The molecule has 162 valence electrons. The van der Waals surface area contributed by atoms with Crippen LogP contribution in [0.1, 0.15) is 50.5 Å². The van der Waals surface area contributed by atoms with Crippen LogP contribution < -0.4 is 10.1 Å². The number of hydrogen-bond donors (Lipinski definition) is 2. The Kier molecular flexibility index (Phi) is 5.04. The van der Waals surface area contributed by atoms with Crippen molar-refractivity contribution in [3.8, 4) is 5.75 Å². The normalized spacial score (nSPS) is 25.3. The molecule has 1 aromatic carbocycles. The zero-order chi connectivity index (χ0) is 21.7. The number of nitrogens with zero attached hydrogens (tertiary/aromatic N) is 1. The molecule has 1 saturated heterocycles. The largest absolute Gasteiger partial charge is 0.497 e. The van der Waals surface area contributed by atoms with Crippen molar-refractivity contribution in [3.05, 3.63) is 23.9 Å². The summed E-state index contributed by atoms with van der Waals surface area (Å²) in [5.41, 5.74) is 1.97. The fraction of sp³-hybridized carbons (Fsp3) is 0.565. The predicted molar refractivity (Wildman–Crippen MR) is 116 cm³/mol. The summed E-state index contributed by atoms with van der Waals surface area (Å²) < 4.78 is 10.2. The summed E-state index contributed by atoms with van der Waals surface area (Å²) in [5.74, 6) is 0.0239. The first-order chi connectivity index (χ1) is 14.1. The number of benzene rings is 1. The molecular weight excluding hydrogens is 382 g/mol. The van der Waals surface area contributed by atoms with Gasteiger partial charge in [0, 0.05) is 24.0 Å². The Morgan fingerprint density at radius 1 is 1.23 bits per heavy atom. The molecule has 1 saturated carbocycles. The number of aromatic nitrogens is 1. The van der Waals surface area contributed by atoms with E-state index < -0.39 is 5.97 Å². The minimum absolute atomic E-state index is 0.120. The number of H-pyrrole nitrogens is 1. The lowest BCUT2D eigenvalue weighted by atomic mass is 9.65. The molecule has 1 aromatic heterocycles. The molecule has 0 unspecified atom stereocenters. The van der Waals surface area contributed by atoms with E-state index in [2.05, 4.69) is 36.0 Å². The Hall–Kier alpha value is -2.54. The average Bonchev–Trinajstić information content (AvgIpc) is 3.13. The van der Waals surface area contributed by atoms with E-state index in [0.717, 1.165) is 24.8 Å². The van der Waals surface area contributed by atoms with Gasteiger partial charge in [0.05, 0.1) is 32.0 Å². The van der Waals surface area contributed by atoms with Gasteiger partial charge in [0.2, 0.25) is 5.91 Å². The second-order valence-corrected chi connectivity index (χ2v) is 9.94. The van der Waals surface area contributed by atoms with E-state index in [1.54, 1.807) is 19.2 Å². The van der Waals surface area contributed by atoms with E-state index in [9.17, 15) is 9.59 Å².